The summed E-state index contributed by atoms with van der Waals surface area (Å²) in [7, 11) is 0. The molecular formula is C17H24F3N3O3. The second kappa shape index (κ2) is 10.1. The van der Waals surface area contributed by atoms with E-state index < -0.39 is 12.8 Å². The summed E-state index contributed by atoms with van der Waals surface area (Å²) in [5, 5.41) is 6.23. The van der Waals surface area contributed by atoms with E-state index in [0.29, 0.717) is 50.2 Å². The number of fused-ring (bicyclic) bond motifs is 1. The molecule has 26 heavy (non-hydrogen) atoms. The number of anilines is 1. The van der Waals surface area contributed by atoms with Gasteiger partial charge in [-0.2, -0.15) is 13.2 Å². The molecule has 1 aromatic rings. The lowest BCUT2D eigenvalue weighted by molar-refractivity contribution is -0.173. The van der Waals surface area contributed by atoms with E-state index in [9.17, 15) is 13.2 Å². The van der Waals surface area contributed by atoms with Crippen molar-refractivity contribution in [3.63, 3.8) is 0 Å². The molecule has 1 aliphatic rings. The number of halogens is 3. The molecule has 0 fully saturated rings. The fraction of sp³-hybridized carbons (Fsp3) is 0.588. The number of guanidine groups is 1. The maximum atomic E-state index is 12.0. The molecule has 0 radical (unpaired) electrons. The number of nitrogens with one attached hydrogen (secondary N) is 2. The fourth-order valence-electron chi connectivity index (χ4n) is 2.23. The van der Waals surface area contributed by atoms with E-state index in [2.05, 4.69) is 20.4 Å². The minimum absolute atomic E-state index is 0.00639. The van der Waals surface area contributed by atoms with Gasteiger partial charge in [-0.1, -0.05) is 0 Å². The molecule has 0 spiro atoms. The Morgan fingerprint density at radius 2 is 2.00 bits per heavy atom. The van der Waals surface area contributed by atoms with Gasteiger partial charge >= 0.3 is 6.18 Å². The second-order valence-corrected chi connectivity index (χ2v) is 5.62. The zero-order valence-electron chi connectivity index (χ0n) is 14.7. The van der Waals surface area contributed by atoms with Crippen LogP contribution in [0.15, 0.2) is 23.2 Å². The van der Waals surface area contributed by atoms with E-state index in [-0.39, 0.29) is 6.61 Å². The molecule has 0 saturated heterocycles. The van der Waals surface area contributed by atoms with Crippen LogP contribution in [0, 0.1) is 0 Å². The Morgan fingerprint density at radius 1 is 1.23 bits per heavy atom. The molecular weight excluding hydrogens is 351 g/mol. The molecule has 0 atom stereocenters. The molecule has 0 amide bonds. The highest BCUT2D eigenvalue weighted by Crippen LogP contribution is 2.32. The lowest BCUT2D eigenvalue weighted by Gasteiger charge is -2.14. The van der Waals surface area contributed by atoms with Crippen LogP contribution in [0.25, 0.3) is 0 Å². The van der Waals surface area contributed by atoms with Crippen molar-refractivity contribution >= 4 is 11.6 Å². The van der Waals surface area contributed by atoms with Crippen LogP contribution in [0.1, 0.15) is 19.8 Å². The van der Waals surface area contributed by atoms with Crippen molar-refractivity contribution < 1.29 is 27.4 Å². The third-order valence-corrected chi connectivity index (χ3v) is 3.34. The maximum absolute atomic E-state index is 12.0. The molecule has 0 aliphatic carbocycles. The average Bonchev–Trinajstić information content (AvgIpc) is 2.82. The van der Waals surface area contributed by atoms with Crippen LogP contribution in [0.4, 0.5) is 18.9 Å². The molecule has 0 unspecified atom stereocenters. The lowest BCUT2D eigenvalue weighted by atomic mass is 10.3. The van der Waals surface area contributed by atoms with Crippen molar-refractivity contribution in [2.45, 2.75) is 25.9 Å². The first-order valence-electron chi connectivity index (χ1n) is 8.57. The summed E-state index contributed by atoms with van der Waals surface area (Å²) in [6.07, 6.45) is -3.07. The molecule has 1 aromatic carbocycles. The molecule has 0 aromatic heterocycles. The summed E-state index contributed by atoms with van der Waals surface area (Å²) in [6, 6.07) is 5.52. The predicted octanol–water partition coefficient (Wildman–Crippen LogP) is 3.19. The Morgan fingerprint density at radius 3 is 2.73 bits per heavy atom. The van der Waals surface area contributed by atoms with Crippen molar-refractivity contribution in [3.05, 3.63) is 18.2 Å². The number of benzene rings is 1. The van der Waals surface area contributed by atoms with Gasteiger partial charge in [0.25, 0.3) is 0 Å². The van der Waals surface area contributed by atoms with Crippen LogP contribution >= 0.6 is 0 Å². The minimum atomic E-state index is -4.29. The third kappa shape index (κ3) is 7.38. The third-order valence-electron chi connectivity index (χ3n) is 3.34. The molecule has 0 bridgehead atoms. The molecule has 1 aliphatic heterocycles. The molecule has 9 heteroatoms. The molecule has 6 nitrogen and oxygen atoms in total. The number of hydrogen-bond donors (Lipinski definition) is 2. The summed E-state index contributed by atoms with van der Waals surface area (Å²) in [5.41, 5.74) is 0.780. The Bertz CT molecular complexity index is 594. The molecule has 2 rings (SSSR count). The average molecular weight is 375 g/mol. The van der Waals surface area contributed by atoms with Crippen molar-refractivity contribution in [1.82, 2.24) is 5.32 Å². The number of hydrogen-bond acceptors (Lipinski definition) is 4. The van der Waals surface area contributed by atoms with Gasteiger partial charge in [0, 0.05) is 37.9 Å². The minimum Gasteiger partial charge on any atom is -0.490 e. The van der Waals surface area contributed by atoms with Crippen LogP contribution in [0.3, 0.4) is 0 Å². The predicted molar refractivity (Wildman–Crippen MR) is 93.1 cm³/mol. The van der Waals surface area contributed by atoms with Crippen molar-refractivity contribution in [2.24, 2.45) is 4.99 Å². The van der Waals surface area contributed by atoms with Crippen molar-refractivity contribution in [1.29, 1.82) is 0 Å². The molecule has 1 heterocycles. The van der Waals surface area contributed by atoms with E-state index in [1.807, 2.05) is 25.1 Å². The topological polar surface area (TPSA) is 64.1 Å². The Kier molecular flexibility index (Phi) is 7.83. The zero-order chi connectivity index (χ0) is 18.8. The largest absolute Gasteiger partial charge is 0.490 e. The van der Waals surface area contributed by atoms with E-state index in [1.165, 1.54) is 0 Å². The molecule has 146 valence electrons. The lowest BCUT2D eigenvalue weighted by Crippen LogP contribution is -2.30. The van der Waals surface area contributed by atoms with E-state index in [0.717, 1.165) is 12.1 Å². The van der Waals surface area contributed by atoms with E-state index in [4.69, 9.17) is 9.47 Å². The quantitative estimate of drug-likeness (QED) is 0.435. The number of aliphatic imine (C=N–C) groups is 1. The van der Waals surface area contributed by atoms with Gasteiger partial charge in [0.15, 0.2) is 17.5 Å². The maximum Gasteiger partial charge on any atom is 0.411 e. The van der Waals surface area contributed by atoms with Crippen LogP contribution in [-0.2, 0) is 4.74 Å². The smallest absolute Gasteiger partial charge is 0.411 e. The van der Waals surface area contributed by atoms with Gasteiger partial charge in [-0.15, -0.1) is 0 Å². The van der Waals surface area contributed by atoms with Crippen molar-refractivity contribution in [2.75, 3.05) is 44.8 Å². The highest BCUT2D eigenvalue weighted by atomic mass is 19.4. The SMILES string of the molecule is CCNC(=NCCCOCC(F)(F)F)Nc1ccc2c(c1)OCCCO2. The standard InChI is InChI=1S/C17H24F3N3O3/c1-2-21-16(22-7-3-8-24-12-17(18,19)20)23-13-5-6-14-15(11-13)26-10-4-9-25-14/h5-6,11H,2-4,7-10,12H2,1H3,(H2,21,22,23). The first-order chi connectivity index (χ1) is 12.5. The second-order valence-electron chi connectivity index (χ2n) is 5.62. The number of nitrogens with zero attached hydrogens (tertiary/aromatic N) is 1. The van der Waals surface area contributed by atoms with Gasteiger partial charge < -0.3 is 24.8 Å². The summed E-state index contributed by atoms with van der Waals surface area (Å²) in [5.74, 6) is 1.92. The molecule has 2 N–H and O–H groups in total. The number of ether oxygens (including phenoxy) is 3. The summed E-state index contributed by atoms with van der Waals surface area (Å²) in [6.45, 7) is 2.93. The summed E-state index contributed by atoms with van der Waals surface area (Å²) < 4.78 is 51.8. The first kappa shape index (κ1) is 20.2. The van der Waals surface area contributed by atoms with Crippen LogP contribution in [-0.4, -0.2) is 51.7 Å². The van der Waals surface area contributed by atoms with Gasteiger partial charge in [-0.25, -0.2) is 0 Å². The number of rotatable bonds is 7. The van der Waals surface area contributed by atoms with E-state index >= 15 is 0 Å². The van der Waals surface area contributed by atoms with Gasteiger partial charge in [0.1, 0.15) is 6.61 Å². The zero-order valence-corrected chi connectivity index (χ0v) is 14.7. The summed E-state index contributed by atoms with van der Waals surface area (Å²) in [4.78, 5) is 4.33. The monoisotopic (exact) mass is 375 g/mol. The van der Waals surface area contributed by atoms with Gasteiger partial charge in [0.2, 0.25) is 0 Å². The van der Waals surface area contributed by atoms with E-state index in [1.54, 1.807) is 0 Å². The van der Waals surface area contributed by atoms with Gasteiger partial charge in [-0.3, -0.25) is 4.99 Å². The Labute approximate surface area is 150 Å². The van der Waals surface area contributed by atoms with Crippen LogP contribution in [0.5, 0.6) is 11.5 Å². The van der Waals surface area contributed by atoms with Gasteiger partial charge in [0.05, 0.1) is 13.2 Å². The normalized spacial score (nSPS) is 14.7. The van der Waals surface area contributed by atoms with Gasteiger partial charge in [-0.05, 0) is 25.5 Å². The highest BCUT2D eigenvalue weighted by molar-refractivity contribution is 5.93. The van der Waals surface area contributed by atoms with Crippen molar-refractivity contribution in [3.8, 4) is 11.5 Å². The fourth-order valence-corrected chi connectivity index (χ4v) is 2.23. The number of alkyl halides is 3. The first-order valence-corrected chi connectivity index (χ1v) is 8.57. The highest BCUT2D eigenvalue weighted by Gasteiger charge is 2.27. The van der Waals surface area contributed by atoms with Crippen LogP contribution in [0.2, 0.25) is 0 Å². The summed E-state index contributed by atoms with van der Waals surface area (Å²) >= 11 is 0. The Hall–Kier alpha value is -2.16. The molecule has 0 saturated carbocycles. The Balaban J connectivity index is 1.86. The van der Waals surface area contributed by atoms with Crippen LogP contribution < -0.4 is 20.1 Å².